The second kappa shape index (κ2) is 6.70. The zero-order valence-corrected chi connectivity index (χ0v) is 12.1. The van der Waals surface area contributed by atoms with Crippen LogP contribution in [0.3, 0.4) is 0 Å². The summed E-state index contributed by atoms with van der Waals surface area (Å²) in [4.78, 5) is 22.9. The smallest absolute Gasteiger partial charge is 0.306 e. The van der Waals surface area contributed by atoms with Crippen molar-refractivity contribution in [3.8, 4) is 0 Å². The van der Waals surface area contributed by atoms with Gasteiger partial charge in [0, 0.05) is 12.1 Å². The van der Waals surface area contributed by atoms with Crippen LogP contribution in [0.25, 0.3) is 0 Å². The van der Waals surface area contributed by atoms with Crippen molar-refractivity contribution in [3.63, 3.8) is 0 Å². The number of aryl methyl sites for hydroxylation is 1. The van der Waals surface area contributed by atoms with Gasteiger partial charge in [0.05, 0.1) is 5.92 Å². The molecule has 0 bridgehead atoms. The molecule has 0 saturated heterocycles. The molecular formula is C16H20FNO3. The van der Waals surface area contributed by atoms with Crippen LogP contribution >= 0.6 is 0 Å². The summed E-state index contributed by atoms with van der Waals surface area (Å²) in [6.07, 6.45) is 2.98. The van der Waals surface area contributed by atoms with E-state index in [0.717, 1.165) is 12.8 Å². The molecule has 0 radical (unpaired) electrons. The van der Waals surface area contributed by atoms with E-state index in [-0.39, 0.29) is 17.6 Å². The Morgan fingerprint density at radius 3 is 2.52 bits per heavy atom. The van der Waals surface area contributed by atoms with Crippen molar-refractivity contribution >= 4 is 11.9 Å². The highest BCUT2D eigenvalue weighted by atomic mass is 19.1. The summed E-state index contributed by atoms with van der Waals surface area (Å²) < 4.78 is 13.2. The van der Waals surface area contributed by atoms with Gasteiger partial charge in [-0.15, -0.1) is 0 Å². The van der Waals surface area contributed by atoms with Crippen LogP contribution in [-0.4, -0.2) is 23.5 Å². The number of amides is 1. The molecule has 2 rings (SSSR count). The lowest BCUT2D eigenvalue weighted by Gasteiger charge is -2.26. The van der Waals surface area contributed by atoms with Crippen molar-refractivity contribution in [3.05, 3.63) is 35.1 Å². The molecule has 0 unspecified atom stereocenters. The van der Waals surface area contributed by atoms with Crippen LogP contribution in [0.15, 0.2) is 18.2 Å². The molecule has 5 heteroatoms. The standard InChI is InChI=1S/C16H20FNO3/c1-10-8-13(6-7-14(10)17)15(19)18-9-11-2-4-12(5-3-11)16(20)21/h6-8,11-12H,2-5,9H2,1H3,(H,18,19)(H,20,21). The Morgan fingerprint density at radius 1 is 1.29 bits per heavy atom. The Bertz CT molecular complexity index is 536. The van der Waals surface area contributed by atoms with E-state index in [0.29, 0.717) is 36.4 Å². The Hall–Kier alpha value is -1.91. The summed E-state index contributed by atoms with van der Waals surface area (Å²) in [5.41, 5.74) is 0.901. The highest BCUT2D eigenvalue weighted by molar-refractivity contribution is 5.94. The van der Waals surface area contributed by atoms with Gasteiger partial charge in [-0.1, -0.05) is 0 Å². The second-order valence-electron chi connectivity index (χ2n) is 5.73. The number of rotatable bonds is 4. The van der Waals surface area contributed by atoms with E-state index < -0.39 is 5.97 Å². The van der Waals surface area contributed by atoms with Crippen molar-refractivity contribution in [1.82, 2.24) is 5.32 Å². The molecule has 1 aromatic carbocycles. The van der Waals surface area contributed by atoms with E-state index in [9.17, 15) is 14.0 Å². The summed E-state index contributed by atoms with van der Waals surface area (Å²) in [6.45, 7) is 2.17. The van der Waals surface area contributed by atoms with Crippen LogP contribution in [-0.2, 0) is 4.79 Å². The normalized spacial score (nSPS) is 21.8. The summed E-state index contributed by atoms with van der Waals surface area (Å²) in [5, 5.41) is 11.8. The Kier molecular flexibility index (Phi) is 4.94. The molecule has 2 N–H and O–H groups in total. The fraction of sp³-hybridized carbons (Fsp3) is 0.500. The van der Waals surface area contributed by atoms with Gasteiger partial charge in [-0.05, 0) is 62.3 Å². The van der Waals surface area contributed by atoms with Gasteiger partial charge < -0.3 is 10.4 Å². The van der Waals surface area contributed by atoms with Crippen LogP contribution in [0.2, 0.25) is 0 Å². The topological polar surface area (TPSA) is 66.4 Å². The van der Waals surface area contributed by atoms with Crippen LogP contribution in [0.4, 0.5) is 4.39 Å². The number of halogens is 1. The fourth-order valence-electron chi connectivity index (χ4n) is 2.74. The lowest BCUT2D eigenvalue weighted by Crippen LogP contribution is -2.32. The third kappa shape index (κ3) is 4.03. The average molecular weight is 293 g/mol. The van der Waals surface area contributed by atoms with E-state index in [1.54, 1.807) is 6.92 Å². The van der Waals surface area contributed by atoms with Gasteiger partial charge in [0.2, 0.25) is 0 Å². The lowest BCUT2D eigenvalue weighted by atomic mass is 9.82. The van der Waals surface area contributed by atoms with Crippen LogP contribution in [0.5, 0.6) is 0 Å². The molecule has 1 aliphatic rings. The SMILES string of the molecule is Cc1cc(C(=O)NCC2CCC(C(=O)O)CC2)ccc1F. The number of carbonyl (C=O) groups is 2. The molecule has 1 saturated carbocycles. The first-order chi connectivity index (χ1) is 9.97. The van der Waals surface area contributed by atoms with Crippen LogP contribution in [0.1, 0.15) is 41.6 Å². The number of hydrogen-bond acceptors (Lipinski definition) is 2. The maximum Gasteiger partial charge on any atom is 0.306 e. The van der Waals surface area contributed by atoms with E-state index in [2.05, 4.69) is 5.32 Å². The summed E-state index contributed by atoms with van der Waals surface area (Å²) >= 11 is 0. The van der Waals surface area contributed by atoms with Gasteiger partial charge in [0.25, 0.3) is 5.91 Å². The minimum absolute atomic E-state index is 0.210. The Morgan fingerprint density at radius 2 is 1.95 bits per heavy atom. The van der Waals surface area contributed by atoms with Crippen LogP contribution in [0, 0.1) is 24.6 Å². The van der Waals surface area contributed by atoms with E-state index >= 15 is 0 Å². The van der Waals surface area contributed by atoms with Crippen molar-refractivity contribution in [2.75, 3.05) is 6.54 Å². The summed E-state index contributed by atoms with van der Waals surface area (Å²) in [7, 11) is 0. The molecule has 0 aromatic heterocycles. The zero-order valence-electron chi connectivity index (χ0n) is 12.1. The van der Waals surface area contributed by atoms with Crippen molar-refractivity contribution in [2.45, 2.75) is 32.6 Å². The first-order valence-corrected chi connectivity index (χ1v) is 7.24. The summed E-state index contributed by atoms with van der Waals surface area (Å²) in [6, 6.07) is 4.30. The molecular weight excluding hydrogens is 273 g/mol. The predicted molar refractivity (Wildman–Crippen MR) is 76.6 cm³/mol. The van der Waals surface area contributed by atoms with Crippen molar-refractivity contribution < 1.29 is 19.1 Å². The maximum absolute atomic E-state index is 13.2. The molecule has 0 heterocycles. The molecule has 1 aromatic rings. The highest BCUT2D eigenvalue weighted by Gasteiger charge is 2.26. The number of nitrogens with one attached hydrogen (secondary N) is 1. The number of carbonyl (C=O) groups excluding carboxylic acids is 1. The largest absolute Gasteiger partial charge is 0.481 e. The Balaban J connectivity index is 1.82. The van der Waals surface area contributed by atoms with Gasteiger partial charge in [-0.2, -0.15) is 0 Å². The average Bonchev–Trinajstić information content (AvgIpc) is 2.48. The predicted octanol–water partition coefficient (Wildman–Crippen LogP) is 2.75. The number of benzene rings is 1. The monoisotopic (exact) mass is 293 g/mol. The zero-order chi connectivity index (χ0) is 15.4. The van der Waals surface area contributed by atoms with Crippen molar-refractivity contribution in [2.24, 2.45) is 11.8 Å². The molecule has 1 amide bonds. The number of aliphatic carboxylic acids is 1. The third-order valence-electron chi connectivity index (χ3n) is 4.17. The fourth-order valence-corrected chi connectivity index (χ4v) is 2.74. The van der Waals surface area contributed by atoms with E-state index in [4.69, 9.17) is 5.11 Å². The first-order valence-electron chi connectivity index (χ1n) is 7.24. The number of carboxylic acids is 1. The Labute approximate surface area is 123 Å². The van der Waals surface area contributed by atoms with E-state index in [1.165, 1.54) is 18.2 Å². The molecule has 0 atom stereocenters. The molecule has 114 valence electrons. The van der Waals surface area contributed by atoms with Gasteiger partial charge in [-0.25, -0.2) is 4.39 Å². The molecule has 4 nitrogen and oxygen atoms in total. The minimum atomic E-state index is -0.723. The molecule has 0 aliphatic heterocycles. The number of hydrogen-bond donors (Lipinski definition) is 2. The minimum Gasteiger partial charge on any atom is -0.481 e. The highest BCUT2D eigenvalue weighted by Crippen LogP contribution is 2.28. The maximum atomic E-state index is 13.2. The van der Waals surface area contributed by atoms with E-state index in [1.807, 2.05) is 0 Å². The van der Waals surface area contributed by atoms with Gasteiger partial charge in [0.1, 0.15) is 5.82 Å². The van der Waals surface area contributed by atoms with Gasteiger partial charge in [-0.3, -0.25) is 9.59 Å². The molecule has 0 spiro atoms. The third-order valence-corrected chi connectivity index (χ3v) is 4.17. The quantitative estimate of drug-likeness (QED) is 0.897. The van der Waals surface area contributed by atoms with Gasteiger partial charge >= 0.3 is 5.97 Å². The lowest BCUT2D eigenvalue weighted by molar-refractivity contribution is -0.143. The summed E-state index contributed by atoms with van der Waals surface area (Å²) in [5.74, 6) is -1.17. The van der Waals surface area contributed by atoms with Gasteiger partial charge in [0.15, 0.2) is 0 Å². The molecule has 1 fully saturated rings. The number of carboxylic acid groups (broad SMARTS) is 1. The first kappa shape index (κ1) is 15.5. The van der Waals surface area contributed by atoms with Crippen LogP contribution < -0.4 is 5.32 Å². The second-order valence-corrected chi connectivity index (χ2v) is 5.73. The van der Waals surface area contributed by atoms with Crippen molar-refractivity contribution in [1.29, 1.82) is 0 Å². The molecule has 21 heavy (non-hydrogen) atoms. The molecule has 1 aliphatic carbocycles.